The molecule has 0 atom stereocenters. The van der Waals surface area contributed by atoms with Crippen LogP contribution in [0.25, 0.3) is 17.6 Å². The highest BCUT2D eigenvalue weighted by Crippen LogP contribution is 2.08. The molecule has 0 aromatic heterocycles. The van der Waals surface area contributed by atoms with Crippen molar-refractivity contribution in [2.45, 2.75) is 6.92 Å². The first-order valence-electron chi connectivity index (χ1n) is 4.99. The summed E-state index contributed by atoms with van der Waals surface area (Å²) in [6, 6.07) is 0. The van der Waals surface area contributed by atoms with Gasteiger partial charge in [-0.1, -0.05) is 6.08 Å². The lowest BCUT2D eigenvalue weighted by Crippen LogP contribution is -2.36. The van der Waals surface area contributed by atoms with Crippen LogP contribution in [0.15, 0.2) is 15.7 Å². The number of allylic oxidation sites excluding steroid dienone is 1. The van der Waals surface area contributed by atoms with Crippen LogP contribution >= 0.6 is 0 Å². The maximum absolute atomic E-state index is 11.9. The highest BCUT2D eigenvalue weighted by atomic mass is 16.2. The van der Waals surface area contributed by atoms with E-state index in [9.17, 15) is 9.59 Å². The van der Waals surface area contributed by atoms with Crippen molar-refractivity contribution in [1.82, 2.24) is 24.3 Å². The van der Waals surface area contributed by atoms with Gasteiger partial charge in [0.25, 0.3) is 5.56 Å². The molecule has 2 rings (SSSR count). The Morgan fingerprint density at radius 1 is 1.18 bits per heavy atom. The number of rotatable bonds is 1. The first-order chi connectivity index (χ1) is 8.04. The van der Waals surface area contributed by atoms with Crippen molar-refractivity contribution in [2.75, 3.05) is 0 Å². The number of nitrogens with zero attached hydrogens (tertiary/aromatic N) is 5. The summed E-state index contributed by atoms with van der Waals surface area (Å²) in [5, 5.41) is 4.07. The molecule has 0 saturated carbocycles. The first-order valence-corrected chi connectivity index (χ1v) is 4.99. The summed E-state index contributed by atoms with van der Waals surface area (Å²) < 4.78 is 2.30. The van der Waals surface area contributed by atoms with Crippen molar-refractivity contribution in [3.63, 3.8) is 0 Å². The fraction of sp³-hybridized carbons (Fsp3) is 0.300. The molecule has 0 N–H and O–H groups in total. The maximum atomic E-state index is 11.9. The minimum atomic E-state index is -0.611. The van der Waals surface area contributed by atoms with Gasteiger partial charge in [0, 0.05) is 14.1 Å². The van der Waals surface area contributed by atoms with Gasteiger partial charge in [0.1, 0.15) is 0 Å². The third kappa shape index (κ3) is 1.75. The Kier molecular flexibility index (Phi) is 2.58. The monoisotopic (exact) mass is 233 g/mol. The third-order valence-corrected chi connectivity index (χ3v) is 2.31. The quantitative estimate of drug-likeness (QED) is 0.657. The predicted octanol–water partition coefficient (Wildman–Crippen LogP) is -0.593. The van der Waals surface area contributed by atoms with Gasteiger partial charge in [-0.15, -0.1) is 0 Å². The van der Waals surface area contributed by atoms with Gasteiger partial charge in [0.2, 0.25) is 0 Å². The summed E-state index contributed by atoms with van der Waals surface area (Å²) in [5.74, 6) is 0.589. The van der Waals surface area contributed by atoms with Crippen LogP contribution in [0, 0.1) is 0 Å². The second kappa shape index (κ2) is 3.93. The lowest BCUT2D eigenvalue weighted by atomic mass is 10.4. The molecule has 0 spiro atoms. The molecular formula is C10H11N5O2. The SMILES string of the molecule is CC=Cc1nc2c(=O)n(C)c(=O)nc-2n(C)n1. The smallest absolute Gasteiger partial charge is 0.267 e. The Hall–Kier alpha value is -2.31. The van der Waals surface area contributed by atoms with E-state index in [2.05, 4.69) is 15.1 Å². The molecule has 0 bridgehead atoms. The van der Waals surface area contributed by atoms with Gasteiger partial charge in [-0.05, 0) is 13.0 Å². The molecule has 7 heteroatoms. The van der Waals surface area contributed by atoms with Crippen LogP contribution in [-0.4, -0.2) is 24.3 Å². The normalized spacial score (nSPS) is 11.5. The molecule has 0 aromatic rings. The second-order valence-corrected chi connectivity index (χ2v) is 3.52. The van der Waals surface area contributed by atoms with Crippen molar-refractivity contribution in [2.24, 2.45) is 14.1 Å². The zero-order valence-electron chi connectivity index (χ0n) is 9.71. The second-order valence-electron chi connectivity index (χ2n) is 3.52. The van der Waals surface area contributed by atoms with Crippen LogP contribution in [-0.2, 0) is 14.1 Å². The fourth-order valence-corrected chi connectivity index (χ4v) is 1.44. The summed E-state index contributed by atoms with van der Waals surface area (Å²) in [7, 11) is 2.98. The molecule has 0 aromatic carbocycles. The minimum absolute atomic E-state index is 0.137. The van der Waals surface area contributed by atoms with Crippen LogP contribution in [0.3, 0.4) is 0 Å². The van der Waals surface area contributed by atoms with Crippen LogP contribution in [0.5, 0.6) is 0 Å². The standard InChI is InChI=1S/C10H11N5O2/c1-4-5-6-11-7-8(15(3)13-6)12-10(17)14(2)9(7)16/h4-5H,1-3H3. The maximum Gasteiger partial charge on any atom is 0.352 e. The summed E-state index contributed by atoms with van der Waals surface area (Å²) in [4.78, 5) is 31.1. The van der Waals surface area contributed by atoms with Crippen LogP contribution in [0.2, 0.25) is 0 Å². The molecule has 0 radical (unpaired) electrons. The van der Waals surface area contributed by atoms with E-state index < -0.39 is 11.2 Å². The van der Waals surface area contributed by atoms with Gasteiger partial charge in [-0.3, -0.25) is 9.36 Å². The van der Waals surface area contributed by atoms with E-state index in [-0.39, 0.29) is 11.5 Å². The zero-order chi connectivity index (χ0) is 12.6. The lowest BCUT2D eigenvalue weighted by Gasteiger charge is -2.09. The predicted molar refractivity (Wildman–Crippen MR) is 61.6 cm³/mol. The molecule has 0 saturated heterocycles. The number of hydrogen-bond donors (Lipinski definition) is 0. The fourth-order valence-electron chi connectivity index (χ4n) is 1.44. The number of fused-ring (bicyclic) bond motifs is 1. The molecule has 88 valence electrons. The van der Waals surface area contributed by atoms with Crippen molar-refractivity contribution in [1.29, 1.82) is 0 Å². The minimum Gasteiger partial charge on any atom is -0.267 e. The van der Waals surface area contributed by atoms with Crippen molar-refractivity contribution in [3.05, 3.63) is 32.7 Å². The van der Waals surface area contributed by atoms with Crippen molar-refractivity contribution in [3.8, 4) is 11.5 Å². The van der Waals surface area contributed by atoms with Gasteiger partial charge >= 0.3 is 5.69 Å². The van der Waals surface area contributed by atoms with E-state index in [1.165, 1.54) is 11.7 Å². The summed E-state index contributed by atoms with van der Waals surface area (Å²) in [6.07, 6.45) is 3.44. The topological polar surface area (TPSA) is 82.7 Å². The van der Waals surface area contributed by atoms with Crippen LogP contribution < -0.4 is 11.2 Å². The lowest BCUT2D eigenvalue weighted by molar-refractivity contribution is 0.669. The largest absolute Gasteiger partial charge is 0.352 e. The Morgan fingerprint density at radius 3 is 2.53 bits per heavy atom. The van der Waals surface area contributed by atoms with E-state index in [1.54, 1.807) is 19.2 Å². The Morgan fingerprint density at radius 2 is 1.88 bits per heavy atom. The molecule has 2 aliphatic heterocycles. The molecule has 0 aliphatic carbocycles. The van der Waals surface area contributed by atoms with E-state index in [4.69, 9.17) is 0 Å². The molecule has 0 amide bonds. The summed E-state index contributed by atoms with van der Waals surface area (Å²) >= 11 is 0. The number of hydrogen-bond acceptors (Lipinski definition) is 5. The zero-order valence-corrected chi connectivity index (χ0v) is 9.71. The highest BCUT2D eigenvalue weighted by molar-refractivity contribution is 5.51. The molecule has 0 fully saturated rings. The first kappa shape index (κ1) is 11.2. The van der Waals surface area contributed by atoms with Gasteiger partial charge in [0.15, 0.2) is 17.3 Å². The summed E-state index contributed by atoms with van der Waals surface area (Å²) in [5.41, 5.74) is -0.943. The van der Waals surface area contributed by atoms with Crippen molar-refractivity contribution < 1.29 is 0 Å². The van der Waals surface area contributed by atoms with Gasteiger partial charge in [0.05, 0.1) is 0 Å². The van der Waals surface area contributed by atoms with Gasteiger partial charge in [-0.2, -0.15) is 10.1 Å². The average Bonchev–Trinajstić information content (AvgIpc) is 2.29. The Labute approximate surface area is 96.4 Å². The van der Waals surface area contributed by atoms with Gasteiger partial charge in [-0.25, -0.2) is 14.5 Å². The van der Waals surface area contributed by atoms with E-state index >= 15 is 0 Å². The van der Waals surface area contributed by atoms with E-state index in [1.807, 2.05) is 6.92 Å². The van der Waals surface area contributed by atoms with Crippen LogP contribution in [0.4, 0.5) is 0 Å². The summed E-state index contributed by atoms with van der Waals surface area (Å²) in [6.45, 7) is 1.82. The number of aryl methyl sites for hydroxylation is 1. The highest BCUT2D eigenvalue weighted by Gasteiger charge is 2.17. The Balaban J connectivity index is 2.92. The van der Waals surface area contributed by atoms with Crippen LogP contribution in [0.1, 0.15) is 12.7 Å². The van der Waals surface area contributed by atoms with E-state index in [0.29, 0.717) is 5.82 Å². The molecule has 0 unspecified atom stereocenters. The Bertz CT molecular complexity index is 682. The average molecular weight is 233 g/mol. The van der Waals surface area contributed by atoms with Gasteiger partial charge < -0.3 is 0 Å². The molecule has 17 heavy (non-hydrogen) atoms. The van der Waals surface area contributed by atoms with E-state index in [0.717, 1.165) is 4.57 Å². The van der Waals surface area contributed by atoms with Crippen molar-refractivity contribution >= 4 is 6.08 Å². The molecule has 2 heterocycles. The molecular weight excluding hydrogens is 222 g/mol. The molecule has 7 nitrogen and oxygen atoms in total. The number of aromatic nitrogens is 5. The molecule has 2 aliphatic rings. The third-order valence-electron chi connectivity index (χ3n) is 2.31.